The van der Waals surface area contributed by atoms with E-state index in [0.717, 1.165) is 44.9 Å². The van der Waals surface area contributed by atoms with Gasteiger partial charge in [-0.15, -0.1) is 0 Å². The molecule has 17 unspecified atom stereocenters. The van der Waals surface area contributed by atoms with Gasteiger partial charge in [-0.25, -0.2) is 0 Å². The summed E-state index contributed by atoms with van der Waals surface area (Å²) in [6, 6.07) is -0.973. The molecule has 3 aliphatic rings. The van der Waals surface area contributed by atoms with Gasteiger partial charge < -0.3 is 89.9 Å². The van der Waals surface area contributed by atoms with Gasteiger partial charge in [-0.05, 0) is 44.9 Å². The highest BCUT2D eigenvalue weighted by Gasteiger charge is 2.54. The Labute approximate surface area is 645 Å². The molecule has 19 heteroatoms. The number of rotatable bonds is 73. The van der Waals surface area contributed by atoms with Crippen LogP contribution in [-0.4, -0.2) is 193 Å². The van der Waals surface area contributed by atoms with Crippen molar-refractivity contribution < 1.29 is 89.4 Å². The number of nitrogens with one attached hydrogen (secondary N) is 1. The summed E-state index contributed by atoms with van der Waals surface area (Å²) in [6.45, 7) is 1.81. The van der Waals surface area contributed by atoms with E-state index < -0.39 is 124 Å². The van der Waals surface area contributed by atoms with E-state index in [4.69, 9.17) is 28.4 Å². The van der Waals surface area contributed by atoms with Crippen LogP contribution in [0.4, 0.5) is 0 Å². The van der Waals surface area contributed by atoms with Gasteiger partial charge in [0, 0.05) is 6.42 Å². The van der Waals surface area contributed by atoms with Gasteiger partial charge >= 0.3 is 0 Å². The number of unbranched alkanes of at least 4 members (excludes halogenated alkanes) is 55. The van der Waals surface area contributed by atoms with Crippen molar-refractivity contribution in [3.63, 3.8) is 0 Å². The van der Waals surface area contributed by atoms with Crippen LogP contribution in [0.15, 0.2) is 24.3 Å². The molecule has 0 spiro atoms. The summed E-state index contributed by atoms with van der Waals surface area (Å²) in [5.74, 6) is -0.267. The quantitative estimate of drug-likeness (QED) is 0.0199. The number of hydrogen-bond acceptors (Lipinski definition) is 18. The van der Waals surface area contributed by atoms with Crippen molar-refractivity contribution in [3.05, 3.63) is 24.3 Å². The molecule has 0 saturated carbocycles. The number of carbonyl (C=O) groups is 1. The van der Waals surface area contributed by atoms with Gasteiger partial charge in [0.2, 0.25) is 5.91 Å². The standard InChI is InChI=1S/C87H165NO18/c1-3-5-7-9-11-13-15-17-19-21-23-25-27-29-31-33-34-35-37-38-40-42-44-46-48-50-52-54-56-58-60-62-64-71(92)70(88-75(93)65-63-61-59-57-55-53-51-49-47-45-43-41-39-36-32-30-28-26-24-22-20-18-16-14-12-10-8-6-4-2)69-101-85-81(99)78(96)83(73(67-90)103-85)106-87-82(100)79(97)84(74(68-91)104-87)105-86-80(98)77(95)76(94)72(66-89)102-86/h22,24,62,64,70-74,76-87,89-92,94-100H,3-21,23,25-61,63,65-69H2,1-2H3,(H,88,93)/b24-22-,64-62+. The summed E-state index contributed by atoms with van der Waals surface area (Å²) in [7, 11) is 0. The van der Waals surface area contributed by atoms with Crippen molar-refractivity contribution in [2.45, 2.75) is 497 Å². The lowest BCUT2D eigenvalue weighted by molar-refractivity contribution is -0.379. The van der Waals surface area contributed by atoms with E-state index in [0.29, 0.717) is 6.42 Å². The number of allylic oxidation sites excluding steroid dienone is 3. The molecule has 0 aromatic carbocycles. The highest BCUT2D eigenvalue weighted by molar-refractivity contribution is 5.76. The number of aliphatic hydroxyl groups excluding tert-OH is 11. The average molecular weight is 1510 g/mol. The Morgan fingerprint density at radius 2 is 0.594 bits per heavy atom. The molecule has 3 fully saturated rings. The summed E-state index contributed by atoms with van der Waals surface area (Å²) in [6.07, 6.45) is 57.6. The maximum absolute atomic E-state index is 13.5. The van der Waals surface area contributed by atoms with Gasteiger partial charge in [-0.1, -0.05) is 366 Å². The highest BCUT2D eigenvalue weighted by Crippen LogP contribution is 2.34. The van der Waals surface area contributed by atoms with Crippen LogP contribution >= 0.6 is 0 Å². The van der Waals surface area contributed by atoms with Gasteiger partial charge in [0.1, 0.15) is 73.2 Å². The Hall–Kier alpha value is -1.73. The molecule has 0 aromatic heterocycles. The van der Waals surface area contributed by atoms with E-state index in [1.807, 2.05) is 6.08 Å². The number of hydrogen-bond donors (Lipinski definition) is 12. The zero-order valence-electron chi connectivity index (χ0n) is 67.4. The fourth-order valence-corrected chi connectivity index (χ4v) is 15.4. The lowest BCUT2D eigenvalue weighted by Gasteiger charge is -2.48. The molecule has 0 aromatic rings. The van der Waals surface area contributed by atoms with Crippen LogP contribution in [0.5, 0.6) is 0 Å². The first-order chi connectivity index (χ1) is 51.8. The van der Waals surface area contributed by atoms with Gasteiger partial charge in [-0.3, -0.25) is 4.79 Å². The largest absolute Gasteiger partial charge is 0.394 e. The van der Waals surface area contributed by atoms with Crippen LogP contribution in [0.1, 0.15) is 393 Å². The molecule has 3 saturated heterocycles. The van der Waals surface area contributed by atoms with E-state index in [1.165, 1.54) is 321 Å². The van der Waals surface area contributed by atoms with Crippen molar-refractivity contribution in [3.8, 4) is 0 Å². The monoisotopic (exact) mass is 1510 g/mol. The molecule has 1 amide bonds. The Morgan fingerprint density at radius 3 is 0.915 bits per heavy atom. The Morgan fingerprint density at radius 1 is 0.330 bits per heavy atom. The van der Waals surface area contributed by atoms with E-state index in [2.05, 4.69) is 31.3 Å². The van der Waals surface area contributed by atoms with E-state index in [9.17, 15) is 61.0 Å². The molecule has 0 aliphatic carbocycles. The third kappa shape index (κ3) is 46.4. The molecular weight excluding hydrogens is 1350 g/mol. The summed E-state index contributed by atoms with van der Waals surface area (Å²) in [5, 5.41) is 121. The van der Waals surface area contributed by atoms with Crippen molar-refractivity contribution >= 4 is 5.91 Å². The highest BCUT2D eigenvalue weighted by atomic mass is 16.8. The summed E-state index contributed by atoms with van der Waals surface area (Å²) in [4.78, 5) is 13.5. The molecule has 3 aliphatic heterocycles. The number of carbonyl (C=O) groups excluding carboxylic acids is 1. The summed E-state index contributed by atoms with van der Waals surface area (Å²) < 4.78 is 34.5. The van der Waals surface area contributed by atoms with Gasteiger partial charge in [0.15, 0.2) is 18.9 Å². The van der Waals surface area contributed by atoms with Gasteiger partial charge in [0.05, 0.1) is 38.6 Å². The van der Waals surface area contributed by atoms with Crippen LogP contribution in [-0.2, 0) is 33.2 Å². The molecule has 106 heavy (non-hydrogen) atoms. The minimum absolute atomic E-state index is 0.248. The number of aliphatic hydroxyl groups is 11. The van der Waals surface area contributed by atoms with Crippen molar-refractivity contribution in [1.82, 2.24) is 5.32 Å². The second-order valence-electron chi connectivity index (χ2n) is 32.1. The SMILES string of the molecule is CCCCCCCCCC/C=C\CCCCCCCCCCCCCCCCCCCC(=O)NC(COC1OC(CO)C(OC2OC(CO)C(OC3OC(CO)C(O)C(O)C3O)C(O)C2O)C(O)C1O)C(O)/C=C/CCCCCCCCCCCCCCCCCCCCCCCCCCCCCCCC. The second kappa shape index (κ2) is 67.7. The van der Waals surface area contributed by atoms with Crippen molar-refractivity contribution in [2.24, 2.45) is 0 Å². The third-order valence-corrected chi connectivity index (χ3v) is 22.5. The molecular formula is C87H165NO18. The fourth-order valence-electron chi connectivity index (χ4n) is 15.4. The van der Waals surface area contributed by atoms with Crippen LogP contribution in [0.25, 0.3) is 0 Å². The molecule has 12 N–H and O–H groups in total. The zero-order chi connectivity index (χ0) is 76.7. The minimum Gasteiger partial charge on any atom is -0.394 e. The smallest absolute Gasteiger partial charge is 0.220 e. The van der Waals surface area contributed by atoms with E-state index >= 15 is 0 Å². The topological polar surface area (TPSA) is 307 Å². The minimum atomic E-state index is -1.98. The molecule has 19 nitrogen and oxygen atoms in total. The molecule has 0 bridgehead atoms. The molecule has 17 atom stereocenters. The number of ether oxygens (including phenoxy) is 6. The molecule has 3 rings (SSSR count). The van der Waals surface area contributed by atoms with Crippen LogP contribution in [0.3, 0.4) is 0 Å². The van der Waals surface area contributed by atoms with Gasteiger partial charge in [-0.2, -0.15) is 0 Å². The fraction of sp³-hybridized carbons (Fsp3) is 0.943. The maximum Gasteiger partial charge on any atom is 0.220 e. The van der Waals surface area contributed by atoms with Crippen LogP contribution < -0.4 is 5.32 Å². The number of amides is 1. The first kappa shape index (κ1) is 98.5. The van der Waals surface area contributed by atoms with Crippen LogP contribution in [0.2, 0.25) is 0 Å². The predicted molar refractivity (Wildman–Crippen MR) is 425 cm³/mol. The Bertz CT molecular complexity index is 2000. The van der Waals surface area contributed by atoms with Crippen LogP contribution in [0, 0.1) is 0 Å². The molecule has 0 radical (unpaired) electrons. The third-order valence-electron chi connectivity index (χ3n) is 22.5. The predicted octanol–water partition coefficient (Wildman–Crippen LogP) is 16.5. The summed E-state index contributed by atoms with van der Waals surface area (Å²) in [5.41, 5.74) is 0. The Balaban J connectivity index is 1.34. The van der Waals surface area contributed by atoms with E-state index in [-0.39, 0.29) is 18.9 Å². The Kier molecular flexibility index (Phi) is 62.9. The van der Waals surface area contributed by atoms with Crippen molar-refractivity contribution in [2.75, 3.05) is 26.4 Å². The maximum atomic E-state index is 13.5. The second-order valence-corrected chi connectivity index (χ2v) is 32.1. The van der Waals surface area contributed by atoms with Gasteiger partial charge in [0.25, 0.3) is 0 Å². The summed E-state index contributed by atoms with van der Waals surface area (Å²) >= 11 is 0. The van der Waals surface area contributed by atoms with Crippen molar-refractivity contribution in [1.29, 1.82) is 0 Å². The normalized spacial score (nSPS) is 25.7. The zero-order valence-corrected chi connectivity index (χ0v) is 67.4. The first-order valence-corrected chi connectivity index (χ1v) is 44.6. The molecule has 626 valence electrons. The molecule has 3 heterocycles. The van der Waals surface area contributed by atoms with E-state index in [1.54, 1.807) is 6.08 Å². The lowest BCUT2D eigenvalue weighted by Crippen LogP contribution is -2.66. The average Bonchev–Trinajstić information content (AvgIpc) is 0.781. The first-order valence-electron chi connectivity index (χ1n) is 44.6. The lowest BCUT2D eigenvalue weighted by atomic mass is 9.96.